The third-order valence-corrected chi connectivity index (χ3v) is 2.64. The first-order valence-electron chi connectivity index (χ1n) is 4.97. The first-order valence-corrected chi connectivity index (χ1v) is 4.97. The van der Waals surface area contributed by atoms with E-state index in [1.54, 1.807) is 0 Å². The summed E-state index contributed by atoms with van der Waals surface area (Å²) in [4.78, 5) is 22.5. The maximum absolute atomic E-state index is 11.3. The number of carbonyl (C=O) groups is 2. The molecule has 2 aliphatic rings. The van der Waals surface area contributed by atoms with Crippen molar-refractivity contribution >= 4 is 11.7 Å². The van der Waals surface area contributed by atoms with E-state index >= 15 is 0 Å². The van der Waals surface area contributed by atoms with E-state index in [0.717, 1.165) is 30.5 Å². The van der Waals surface area contributed by atoms with E-state index < -0.39 is 0 Å². The molecule has 1 amide bonds. The van der Waals surface area contributed by atoms with Gasteiger partial charge >= 0.3 is 0 Å². The second kappa shape index (κ2) is 3.82. The number of rotatable bonds is 0. The molecule has 0 aromatic rings. The molecule has 0 radical (unpaired) electrons. The van der Waals surface area contributed by atoms with Gasteiger partial charge in [-0.3, -0.25) is 9.59 Å². The molecule has 0 aromatic carbocycles. The Morgan fingerprint density at radius 1 is 0.857 bits per heavy atom. The van der Waals surface area contributed by atoms with Gasteiger partial charge in [-0.15, -0.1) is 5.11 Å². The minimum absolute atomic E-state index is 0.200. The van der Waals surface area contributed by atoms with Crippen molar-refractivity contribution in [1.82, 2.24) is 0 Å². The minimum atomic E-state index is -0.200. The Kier molecular flexibility index (Phi) is 2.52. The van der Waals surface area contributed by atoms with Crippen LogP contribution in [0.15, 0.2) is 21.5 Å². The first-order chi connectivity index (χ1) is 6.77. The van der Waals surface area contributed by atoms with E-state index in [9.17, 15) is 9.59 Å². The van der Waals surface area contributed by atoms with E-state index in [1.165, 1.54) is 0 Å². The lowest BCUT2D eigenvalue weighted by Gasteiger charge is -1.98. The Labute approximate surface area is 82.1 Å². The number of hydrogen-bond acceptors (Lipinski definition) is 3. The van der Waals surface area contributed by atoms with Crippen LogP contribution in [-0.4, -0.2) is 11.7 Å². The third kappa shape index (κ3) is 1.78. The summed E-state index contributed by atoms with van der Waals surface area (Å²) in [5.41, 5.74) is 1.48. The molecule has 1 heterocycles. The van der Waals surface area contributed by atoms with Crippen LogP contribution in [0.1, 0.15) is 38.5 Å². The van der Waals surface area contributed by atoms with Crippen molar-refractivity contribution in [3.63, 3.8) is 0 Å². The van der Waals surface area contributed by atoms with Crippen LogP contribution in [0, 0.1) is 0 Å². The first kappa shape index (κ1) is 9.24. The van der Waals surface area contributed by atoms with Crippen LogP contribution in [-0.2, 0) is 9.59 Å². The Bertz CT molecular complexity index is 342. The molecular weight excluding hydrogens is 180 g/mol. The highest BCUT2D eigenvalue weighted by molar-refractivity contribution is 5.96. The third-order valence-electron chi connectivity index (χ3n) is 2.64. The molecule has 1 aliphatic carbocycles. The Morgan fingerprint density at radius 2 is 1.64 bits per heavy atom. The summed E-state index contributed by atoms with van der Waals surface area (Å²) in [5, 5.41) is 7.34. The number of hydrogen-bond donors (Lipinski definition) is 0. The standard InChI is InChI=1S/C10H12N2O2/c13-7-3-1-2-4-8-9(6-5-7)11-12-10(8)14/h1-6H2. The smallest absolute Gasteiger partial charge is 0.293 e. The van der Waals surface area contributed by atoms with Crippen molar-refractivity contribution in [3.8, 4) is 0 Å². The number of nitrogens with zero attached hydrogens (tertiary/aromatic N) is 2. The highest BCUT2D eigenvalue weighted by atomic mass is 16.2. The minimum Gasteiger partial charge on any atom is -0.300 e. The molecule has 0 N–H and O–H groups in total. The summed E-state index contributed by atoms with van der Waals surface area (Å²) in [5.74, 6) is 0.0719. The van der Waals surface area contributed by atoms with Crippen molar-refractivity contribution in [2.75, 3.05) is 0 Å². The van der Waals surface area contributed by atoms with Crippen LogP contribution in [0.2, 0.25) is 0 Å². The molecule has 0 aromatic heterocycles. The second-order valence-corrected chi connectivity index (χ2v) is 3.68. The zero-order chi connectivity index (χ0) is 9.97. The van der Waals surface area contributed by atoms with E-state index in [1.807, 2.05) is 0 Å². The summed E-state index contributed by atoms with van der Waals surface area (Å²) in [6, 6.07) is 0. The number of azo groups is 1. The van der Waals surface area contributed by atoms with Gasteiger partial charge in [0.05, 0.1) is 5.70 Å². The number of carbonyl (C=O) groups excluding carboxylic acids is 2. The normalized spacial score (nSPS) is 23.1. The molecule has 0 saturated heterocycles. The van der Waals surface area contributed by atoms with Crippen molar-refractivity contribution in [3.05, 3.63) is 11.3 Å². The van der Waals surface area contributed by atoms with E-state index in [2.05, 4.69) is 10.2 Å². The lowest BCUT2D eigenvalue weighted by atomic mass is 10.1. The molecule has 0 spiro atoms. The average Bonchev–Trinajstić information content (AvgIpc) is 2.54. The van der Waals surface area contributed by atoms with E-state index in [0.29, 0.717) is 19.3 Å². The number of allylic oxidation sites excluding steroid dienone is 1. The largest absolute Gasteiger partial charge is 0.300 e. The predicted molar refractivity (Wildman–Crippen MR) is 49.6 cm³/mol. The van der Waals surface area contributed by atoms with Gasteiger partial charge in [-0.2, -0.15) is 5.11 Å². The lowest BCUT2D eigenvalue weighted by Crippen LogP contribution is -1.96. The Balaban J connectivity index is 2.17. The summed E-state index contributed by atoms with van der Waals surface area (Å²) < 4.78 is 0. The van der Waals surface area contributed by atoms with Crippen LogP contribution < -0.4 is 0 Å². The Hall–Kier alpha value is -1.32. The van der Waals surface area contributed by atoms with Crippen molar-refractivity contribution in [2.45, 2.75) is 38.5 Å². The zero-order valence-corrected chi connectivity index (χ0v) is 7.95. The van der Waals surface area contributed by atoms with Gasteiger partial charge in [0.1, 0.15) is 5.78 Å². The highest BCUT2D eigenvalue weighted by Gasteiger charge is 2.22. The van der Waals surface area contributed by atoms with E-state index in [-0.39, 0.29) is 11.7 Å². The van der Waals surface area contributed by atoms with Gasteiger partial charge in [-0.05, 0) is 25.7 Å². The molecule has 4 nitrogen and oxygen atoms in total. The Morgan fingerprint density at radius 3 is 2.50 bits per heavy atom. The van der Waals surface area contributed by atoms with Gasteiger partial charge in [-0.25, -0.2) is 0 Å². The molecule has 14 heavy (non-hydrogen) atoms. The molecule has 1 aliphatic heterocycles. The second-order valence-electron chi connectivity index (χ2n) is 3.68. The molecule has 0 atom stereocenters. The van der Waals surface area contributed by atoms with Crippen LogP contribution in [0.25, 0.3) is 0 Å². The van der Waals surface area contributed by atoms with Crippen molar-refractivity contribution in [2.24, 2.45) is 10.2 Å². The fraction of sp³-hybridized carbons (Fsp3) is 0.600. The van der Waals surface area contributed by atoms with Gasteiger partial charge < -0.3 is 0 Å². The van der Waals surface area contributed by atoms with Gasteiger partial charge in [0.25, 0.3) is 5.91 Å². The van der Waals surface area contributed by atoms with Crippen LogP contribution >= 0.6 is 0 Å². The number of amides is 1. The van der Waals surface area contributed by atoms with Gasteiger partial charge in [0.15, 0.2) is 0 Å². The molecule has 0 fully saturated rings. The van der Waals surface area contributed by atoms with Gasteiger partial charge in [-0.1, -0.05) is 0 Å². The summed E-state index contributed by atoms with van der Waals surface area (Å²) in [7, 11) is 0. The van der Waals surface area contributed by atoms with Crippen molar-refractivity contribution in [1.29, 1.82) is 0 Å². The summed E-state index contributed by atoms with van der Waals surface area (Å²) in [6.45, 7) is 0. The van der Waals surface area contributed by atoms with Crippen LogP contribution in [0.4, 0.5) is 0 Å². The predicted octanol–water partition coefficient (Wildman–Crippen LogP) is 2.16. The monoisotopic (exact) mass is 192 g/mol. The fourth-order valence-corrected chi connectivity index (χ4v) is 1.81. The van der Waals surface area contributed by atoms with Crippen LogP contribution in [0.3, 0.4) is 0 Å². The van der Waals surface area contributed by atoms with Crippen molar-refractivity contribution < 1.29 is 9.59 Å². The fourth-order valence-electron chi connectivity index (χ4n) is 1.81. The van der Waals surface area contributed by atoms with Gasteiger partial charge in [0.2, 0.25) is 0 Å². The highest BCUT2D eigenvalue weighted by Crippen LogP contribution is 2.27. The molecule has 0 unspecified atom stereocenters. The molecule has 4 heteroatoms. The molecular formula is C10H12N2O2. The quantitative estimate of drug-likeness (QED) is 0.590. The van der Waals surface area contributed by atoms with Crippen LogP contribution in [0.5, 0.6) is 0 Å². The lowest BCUT2D eigenvalue weighted by molar-refractivity contribution is -0.119. The average molecular weight is 192 g/mol. The molecule has 74 valence electrons. The SMILES string of the molecule is O=C1CCCCC2=C(CC1)N=NC2=O. The maximum Gasteiger partial charge on any atom is 0.293 e. The van der Waals surface area contributed by atoms with Gasteiger partial charge in [0, 0.05) is 18.4 Å². The molecule has 2 rings (SSSR count). The van der Waals surface area contributed by atoms with E-state index in [4.69, 9.17) is 0 Å². The summed E-state index contributed by atoms with van der Waals surface area (Å²) >= 11 is 0. The summed E-state index contributed by atoms with van der Waals surface area (Å²) in [6.07, 6.45) is 4.24. The number of ketones is 1. The zero-order valence-electron chi connectivity index (χ0n) is 7.95. The topological polar surface area (TPSA) is 58.9 Å². The maximum atomic E-state index is 11.3. The number of Topliss-reactive ketones (excluding diaryl/α,β-unsaturated/α-hetero) is 1. The molecule has 0 saturated carbocycles. The molecule has 0 bridgehead atoms.